The number of hydrogen-bond donors (Lipinski definition) is 0. The van der Waals surface area contributed by atoms with Gasteiger partial charge in [-0.15, -0.1) is 0 Å². The van der Waals surface area contributed by atoms with Crippen LogP contribution in [0.4, 0.5) is 4.79 Å². The first kappa shape index (κ1) is 32.3. The molecule has 1 aliphatic heterocycles. The fourth-order valence-electron chi connectivity index (χ4n) is 4.31. The molecule has 2 atom stereocenters. The molecule has 208 valence electrons. The van der Waals surface area contributed by atoms with Crippen molar-refractivity contribution in [2.45, 2.75) is 85.2 Å². The van der Waals surface area contributed by atoms with Crippen molar-refractivity contribution in [1.82, 2.24) is 4.90 Å². The van der Waals surface area contributed by atoms with Crippen LogP contribution in [0.3, 0.4) is 0 Å². The minimum atomic E-state index is -3.68. The van der Waals surface area contributed by atoms with Gasteiger partial charge in [-0.25, -0.2) is 4.79 Å². The van der Waals surface area contributed by atoms with E-state index >= 15 is 0 Å². The van der Waals surface area contributed by atoms with Gasteiger partial charge < -0.3 is 9.16 Å². The Bertz CT molecular complexity index is 886. The van der Waals surface area contributed by atoms with Crippen LogP contribution in [0.15, 0.2) is 0 Å². The second-order valence-corrected chi connectivity index (χ2v) is 17.3. The quantitative estimate of drug-likeness (QED) is 0.277. The molecule has 0 spiro atoms. The molecular weight excluding hydrogens is 514 g/mol. The average molecular weight is 560 g/mol. The lowest BCUT2D eigenvalue weighted by Gasteiger charge is -2.46. The van der Waals surface area contributed by atoms with E-state index in [4.69, 9.17) is 17.5 Å². The molecule has 1 amide bonds. The van der Waals surface area contributed by atoms with Gasteiger partial charge in [-0.2, -0.15) is 16.8 Å². The number of likely N-dealkylation sites (tertiary alicyclic amines) is 1. The highest BCUT2D eigenvalue weighted by molar-refractivity contribution is 7.86. The van der Waals surface area contributed by atoms with Crippen molar-refractivity contribution >= 4 is 35.4 Å². The third-order valence-electron chi connectivity index (χ3n) is 5.84. The van der Waals surface area contributed by atoms with Crippen molar-refractivity contribution in [2.24, 2.45) is 17.3 Å². The largest absolute Gasteiger partial charge is 0.444 e. The Morgan fingerprint density at radius 3 is 1.77 bits per heavy atom. The van der Waals surface area contributed by atoms with E-state index < -0.39 is 52.6 Å². The highest BCUT2D eigenvalue weighted by Gasteiger charge is 2.56. The lowest BCUT2D eigenvalue weighted by atomic mass is 9.76. The number of ether oxygens (including phenoxy) is 1. The average Bonchev–Trinajstić information content (AvgIpc) is 2.97. The van der Waals surface area contributed by atoms with Gasteiger partial charge in [-0.1, -0.05) is 20.8 Å². The predicted molar refractivity (Wildman–Crippen MR) is 138 cm³/mol. The summed E-state index contributed by atoms with van der Waals surface area (Å²) in [6.07, 6.45) is 2.37. The Morgan fingerprint density at radius 2 is 1.43 bits per heavy atom. The molecule has 0 bridgehead atoms. The number of rotatable bonds is 11. The van der Waals surface area contributed by atoms with E-state index in [1.807, 2.05) is 13.1 Å². The summed E-state index contributed by atoms with van der Waals surface area (Å²) in [5.74, 6) is -0.391. The van der Waals surface area contributed by atoms with Crippen LogP contribution < -0.4 is 0 Å². The third kappa shape index (κ3) is 11.0. The van der Waals surface area contributed by atoms with E-state index in [2.05, 4.69) is 20.8 Å². The van der Waals surface area contributed by atoms with Crippen molar-refractivity contribution in [2.75, 3.05) is 32.3 Å². The minimum Gasteiger partial charge on any atom is -0.444 e. The molecule has 1 fully saturated rings. The van der Waals surface area contributed by atoms with Gasteiger partial charge in [0.15, 0.2) is 9.04 Å². The fourth-order valence-corrected chi connectivity index (χ4v) is 6.34. The van der Waals surface area contributed by atoms with Gasteiger partial charge in [0.25, 0.3) is 20.2 Å². The zero-order valence-corrected chi connectivity index (χ0v) is 25.7. The highest BCUT2D eigenvalue weighted by atomic mass is 32.2. The molecule has 0 aromatic heterocycles. The predicted octanol–water partition coefficient (Wildman–Crippen LogP) is 3.33. The van der Waals surface area contributed by atoms with Crippen LogP contribution in [-0.4, -0.2) is 80.5 Å². The van der Waals surface area contributed by atoms with Gasteiger partial charge in [0, 0.05) is 12.5 Å². The molecular formula is C22H45NO9S2Si. The molecule has 1 aliphatic rings. The normalized spacial score (nSPS) is 22.3. The second kappa shape index (κ2) is 11.8. The molecule has 0 saturated carbocycles. The van der Waals surface area contributed by atoms with E-state index in [0.29, 0.717) is 13.0 Å². The first-order valence-corrected chi connectivity index (χ1v) is 18.3. The standard InChI is InChI=1S/C22H45NO9S2Si/c1-20(2,3)18-15-22(32-35(9)10,23(16-18)19(24)31-21(4,5)6)17(11-13-29-33(7,25)26)12-14-30-34(8,27)28/h17-18,35H,11-16H2,1-10H3/t18-,22-/m0/s1. The molecule has 1 heterocycles. The summed E-state index contributed by atoms with van der Waals surface area (Å²) >= 11 is 0. The summed E-state index contributed by atoms with van der Waals surface area (Å²) in [5.41, 5.74) is -1.99. The van der Waals surface area contributed by atoms with Crippen LogP contribution in [0.2, 0.25) is 13.1 Å². The summed E-state index contributed by atoms with van der Waals surface area (Å²) in [7, 11) is -9.13. The maximum absolute atomic E-state index is 13.5. The Balaban J connectivity index is 3.53. The Labute approximate surface area is 214 Å². The molecule has 13 heteroatoms. The molecule has 35 heavy (non-hydrogen) atoms. The van der Waals surface area contributed by atoms with Crippen LogP contribution in [-0.2, 0) is 37.8 Å². The maximum Gasteiger partial charge on any atom is 0.412 e. The van der Waals surface area contributed by atoms with Crippen LogP contribution in [0.1, 0.15) is 60.8 Å². The molecule has 1 saturated heterocycles. The number of carbonyl (C=O) groups excluding carboxylic acids is 1. The van der Waals surface area contributed by atoms with Gasteiger partial charge in [-0.3, -0.25) is 13.3 Å². The maximum atomic E-state index is 13.5. The van der Waals surface area contributed by atoms with Crippen LogP contribution in [0.25, 0.3) is 0 Å². The summed E-state index contributed by atoms with van der Waals surface area (Å²) in [5, 5.41) is 0. The van der Waals surface area contributed by atoms with Gasteiger partial charge in [-0.05, 0) is 64.5 Å². The van der Waals surface area contributed by atoms with Gasteiger partial charge >= 0.3 is 6.09 Å². The number of carbonyl (C=O) groups is 1. The zero-order chi connectivity index (χ0) is 27.5. The first-order chi connectivity index (χ1) is 15.6. The lowest BCUT2D eigenvalue weighted by molar-refractivity contribution is -0.113. The van der Waals surface area contributed by atoms with Crippen LogP contribution in [0.5, 0.6) is 0 Å². The third-order valence-corrected chi connectivity index (χ3v) is 7.91. The molecule has 0 unspecified atom stereocenters. The van der Waals surface area contributed by atoms with E-state index in [0.717, 1.165) is 12.5 Å². The Kier molecular flexibility index (Phi) is 10.9. The van der Waals surface area contributed by atoms with Gasteiger partial charge in [0.1, 0.15) is 11.3 Å². The first-order valence-electron chi connectivity index (χ1n) is 11.9. The summed E-state index contributed by atoms with van der Waals surface area (Å²) < 4.78 is 68.9. The fraction of sp³-hybridized carbons (Fsp3) is 0.955. The number of hydrogen-bond acceptors (Lipinski definition) is 9. The minimum absolute atomic E-state index is 0.0666. The summed E-state index contributed by atoms with van der Waals surface area (Å²) in [6, 6.07) is 0. The van der Waals surface area contributed by atoms with E-state index in [9.17, 15) is 21.6 Å². The highest BCUT2D eigenvalue weighted by Crippen LogP contribution is 2.49. The molecule has 10 nitrogen and oxygen atoms in total. The van der Waals surface area contributed by atoms with Crippen molar-refractivity contribution in [3.8, 4) is 0 Å². The molecule has 0 aromatic rings. The second-order valence-electron chi connectivity index (χ2n) is 11.7. The van der Waals surface area contributed by atoms with Crippen LogP contribution in [0, 0.1) is 17.3 Å². The summed E-state index contributed by atoms with van der Waals surface area (Å²) in [4.78, 5) is 15.1. The van der Waals surface area contributed by atoms with Crippen LogP contribution >= 0.6 is 0 Å². The molecule has 0 aliphatic carbocycles. The number of amides is 1. The van der Waals surface area contributed by atoms with Crippen molar-refractivity contribution in [3.05, 3.63) is 0 Å². The number of nitrogens with zero attached hydrogens (tertiary/aromatic N) is 1. The smallest absolute Gasteiger partial charge is 0.412 e. The molecule has 0 radical (unpaired) electrons. The Hall–Kier alpha value is -0.733. The lowest BCUT2D eigenvalue weighted by Crippen LogP contribution is -2.57. The molecule has 1 rings (SSSR count). The Morgan fingerprint density at radius 1 is 0.971 bits per heavy atom. The van der Waals surface area contributed by atoms with Crippen molar-refractivity contribution < 1.29 is 39.2 Å². The molecule has 0 aromatic carbocycles. The monoisotopic (exact) mass is 559 g/mol. The van der Waals surface area contributed by atoms with Crippen molar-refractivity contribution in [3.63, 3.8) is 0 Å². The topological polar surface area (TPSA) is 126 Å². The van der Waals surface area contributed by atoms with E-state index in [1.54, 1.807) is 25.7 Å². The zero-order valence-electron chi connectivity index (χ0n) is 22.9. The van der Waals surface area contributed by atoms with Gasteiger partial charge in [0.2, 0.25) is 0 Å². The van der Waals surface area contributed by atoms with Gasteiger partial charge in [0.05, 0.1) is 25.7 Å². The SMILES string of the molecule is C[SiH](C)O[C@]1(C(CCOS(C)(=O)=O)CCOS(C)(=O)=O)C[C@H](C(C)(C)C)CN1C(=O)OC(C)(C)C. The van der Waals surface area contributed by atoms with E-state index in [-0.39, 0.29) is 37.4 Å². The van der Waals surface area contributed by atoms with Crippen molar-refractivity contribution in [1.29, 1.82) is 0 Å². The van der Waals surface area contributed by atoms with E-state index in [1.165, 1.54) is 0 Å². The summed E-state index contributed by atoms with van der Waals surface area (Å²) in [6.45, 7) is 15.8. The molecule has 0 N–H and O–H groups in total.